The third-order valence-corrected chi connectivity index (χ3v) is 5.02. The molecule has 1 amide bonds. The van der Waals surface area contributed by atoms with Gasteiger partial charge in [-0.2, -0.15) is 18.3 Å². The zero-order valence-corrected chi connectivity index (χ0v) is 17.2. The van der Waals surface area contributed by atoms with E-state index in [0.29, 0.717) is 4.68 Å². The summed E-state index contributed by atoms with van der Waals surface area (Å²) in [6.45, 7) is 0. The van der Waals surface area contributed by atoms with Crippen molar-refractivity contribution in [3.05, 3.63) is 64.8 Å². The number of amides is 1. The van der Waals surface area contributed by atoms with E-state index in [0.717, 1.165) is 35.7 Å². The number of thiazole rings is 1. The van der Waals surface area contributed by atoms with Crippen LogP contribution < -0.4 is 10.1 Å². The summed E-state index contributed by atoms with van der Waals surface area (Å²) < 4.78 is 73.9. The van der Waals surface area contributed by atoms with Gasteiger partial charge in [-0.3, -0.25) is 10.1 Å². The lowest BCUT2D eigenvalue weighted by Crippen LogP contribution is -2.21. The lowest BCUT2D eigenvalue weighted by atomic mass is 10.1. The summed E-state index contributed by atoms with van der Waals surface area (Å²) in [6.07, 6.45) is -4.24. The topological polar surface area (TPSA) is 94.8 Å². The van der Waals surface area contributed by atoms with E-state index >= 15 is 0 Å². The van der Waals surface area contributed by atoms with E-state index in [1.165, 1.54) is 24.6 Å². The highest BCUT2D eigenvalue weighted by Gasteiger charge is 2.41. The number of nitrogens with one attached hydrogen (secondary N) is 1. The number of aromatic nitrogens is 5. The van der Waals surface area contributed by atoms with Gasteiger partial charge in [-0.05, 0) is 24.3 Å². The van der Waals surface area contributed by atoms with Crippen molar-refractivity contribution in [1.82, 2.24) is 25.0 Å². The van der Waals surface area contributed by atoms with Gasteiger partial charge >= 0.3 is 6.18 Å². The second-order valence-corrected chi connectivity index (χ2v) is 7.22. The molecule has 33 heavy (non-hydrogen) atoms. The minimum Gasteiger partial charge on any atom is -0.480 e. The predicted molar refractivity (Wildman–Crippen MR) is 106 cm³/mol. The van der Waals surface area contributed by atoms with Gasteiger partial charge in [0.25, 0.3) is 5.91 Å². The number of nitrogens with zero attached hydrogens (tertiary/aromatic N) is 5. The summed E-state index contributed by atoms with van der Waals surface area (Å²) in [4.78, 5) is 16.6. The Bertz CT molecular complexity index is 1320. The zero-order valence-electron chi connectivity index (χ0n) is 16.4. The van der Waals surface area contributed by atoms with Crippen LogP contribution in [0.3, 0.4) is 0 Å². The van der Waals surface area contributed by atoms with Crippen LogP contribution in [0.1, 0.15) is 16.1 Å². The Labute approximate surface area is 185 Å². The molecule has 3 heterocycles. The molecule has 3 aromatic heterocycles. The van der Waals surface area contributed by atoms with Crippen molar-refractivity contribution < 1.29 is 31.5 Å². The molecule has 4 aromatic rings. The molecular formula is C19H11F5N6O2S. The van der Waals surface area contributed by atoms with Crippen LogP contribution in [-0.4, -0.2) is 38.0 Å². The SMILES string of the molecule is COc1ccc(-n2ncc(C(=O)Nc3nc(-c4cc(F)ccc4F)cs3)c2C(F)(F)F)nn1. The average molecular weight is 482 g/mol. The number of rotatable bonds is 5. The van der Waals surface area contributed by atoms with Crippen LogP contribution in [0.4, 0.5) is 27.1 Å². The van der Waals surface area contributed by atoms with Crippen LogP contribution in [0.25, 0.3) is 17.1 Å². The lowest BCUT2D eigenvalue weighted by molar-refractivity contribution is -0.143. The van der Waals surface area contributed by atoms with E-state index in [-0.39, 0.29) is 28.1 Å². The quantitative estimate of drug-likeness (QED) is 0.425. The molecule has 0 spiro atoms. The van der Waals surface area contributed by atoms with Gasteiger partial charge < -0.3 is 4.74 Å². The summed E-state index contributed by atoms with van der Waals surface area (Å²) in [5, 5.41) is 14.3. The minimum absolute atomic E-state index is 0.00699. The second-order valence-electron chi connectivity index (χ2n) is 6.37. The van der Waals surface area contributed by atoms with Crippen molar-refractivity contribution >= 4 is 22.4 Å². The van der Waals surface area contributed by atoms with Gasteiger partial charge in [-0.25, -0.2) is 18.4 Å². The smallest absolute Gasteiger partial charge is 0.434 e. The van der Waals surface area contributed by atoms with Crippen molar-refractivity contribution in [1.29, 1.82) is 0 Å². The fraction of sp³-hybridized carbons (Fsp3) is 0.105. The van der Waals surface area contributed by atoms with Crippen LogP contribution >= 0.6 is 11.3 Å². The number of hydrogen-bond donors (Lipinski definition) is 1. The Kier molecular flexibility index (Phi) is 5.76. The maximum absolute atomic E-state index is 13.9. The molecule has 0 aliphatic heterocycles. The minimum atomic E-state index is -4.97. The average Bonchev–Trinajstić information content (AvgIpc) is 3.43. The van der Waals surface area contributed by atoms with Gasteiger partial charge in [-0.15, -0.1) is 21.5 Å². The van der Waals surface area contributed by atoms with Crippen molar-refractivity contribution in [2.45, 2.75) is 6.18 Å². The second kappa shape index (κ2) is 8.54. The van der Waals surface area contributed by atoms with Gasteiger partial charge in [0.15, 0.2) is 16.6 Å². The Morgan fingerprint density at radius 2 is 1.94 bits per heavy atom. The van der Waals surface area contributed by atoms with Crippen molar-refractivity contribution in [2.24, 2.45) is 0 Å². The first-order valence-electron chi connectivity index (χ1n) is 8.93. The number of halogens is 5. The molecule has 1 aromatic carbocycles. The van der Waals surface area contributed by atoms with Crippen LogP contribution in [0.15, 0.2) is 41.9 Å². The van der Waals surface area contributed by atoms with Crippen LogP contribution in [0.5, 0.6) is 5.88 Å². The number of carbonyl (C=O) groups excluding carboxylic acids is 1. The Hall–Kier alpha value is -3.94. The van der Waals surface area contributed by atoms with E-state index in [4.69, 9.17) is 4.74 Å². The molecule has 0 atom stereocenters. The van der Waals surface area contributed by atoms with Gasteiger partial charge in [-0.1, -0.05) is 0 Å². The third-order valence-electron chi connectivity index (χ3n) is 4.26. The first-order valence-corrected chi connectivity index (χ1v) is 9.81. The highest BCUT2D eigenvalue weighted by Crippen LogP contribution is 2.34. The summed E-state index contributed by atoms with van der Waals surface area (Å²) >= 11 is 0.826. The first-order chi connectivity index (χ1) is 15.7. The Balaban J connectivity index is 1.64. The number of methoxy groups -OCH3 is 1. The third kappa shape index (κ3) is 4.50. The summed E-state index contributed by atoms with van der Waals surface area (Å²) in [6, 6.07) is 5.23. The molecule has 0 aliphatic rings. The number of hydrogen-bond acceptors (Lipinski definition) is 7. The van der Waals surface area contributed by atoms with Crippen LogP contribution in [0.2, 0.25) is 0 Å². The molecule has 0 saturated heterocycles. The zero-order chi connectivity index (χ0) is 23.8. The van der Waals surface area contributed by atoms with Crippen LogP contribution in [-0.2, 0) is 6.18 Å². The van der Waals surface area contributed by atoms with Gasteiger partial charge in [0, 0.05) is 17.0 Å². The highest BCUT2D eigenvalue weighted by molar-refractivity contribution is 7.14. The van der Waals surface area contributed by atoms with E-state index in [1.54, 1.807) is 0 Å². The molecule has 170 valence electrons. The fourth-order valence-electron chi connectivity index (χ4n) is 2.81. The van der Waals surface area contributed by atoms with E-state index in [2.05, 4.69) is 25.6 Å². The van der Waals surface area contributed by atoms with Crippen molar-refractivity contribution in [3.8, 4) is 23.0 Å². The molecule has 1 N–H and O–H groups in total. The van der Waals surface area contributed by atoms with E-state index in [9.17, 15) is 26.7 Å². The predicted octanol–water partition coefficient (Wildman–Crippen LogP) is 4.34. The van der Waals surface area contributed by atoms with Crippen molar-refractivity contribution in [2.75, 3.05) is 12.4 Å². The Morgan fingerprint density at radius 3 is 2.61 bits per heavy atom. The summed E-state index contributed by atoms with van der Waals surface area (Å²) in [5.41, 5.74) is -2.33. The lowest BCUT2D eigenvalue weighted by Gasteiger charge is -2.11. The largest absolute Gasteiger partial charge is 0.480 e. The first kappa shape index (κ1) is 22.3. The monoisotopic (exact) mass is 482 g/mol. The highest BCUT2D eigenvalue weighted by atomic mass is 32.1. The van der Waals surface area contributed by atoms with E-state index < -0.39 is 35.0 Å². The van der Waals surface area contributed by atoms with Gasteiger partial charge in [0.2, 0.25) is 5.88 Å². The van der Waals surface area contributed by atoms with Gasteiger partial charge in [0.05, 0.1) is 24.6 Å². The number of ether oxygens (including phenoxy) is 1. The Morgan fingerprint density at radius 1 is 1.15 bits per heavy atom. The molecule has 0 saturated carbocycles. The molecule has 0 radical (unpaired) electrons. The molecule has 14 heteroatoms. The molecule has 0 aliphatic carbocycles. The number of benzene rings is 1. The molecule has 0 unspecified atom stereocenters. The number of anilines is 1. The summed E-state index contributed by atoms with van der Waals surface area (Å²) in [5.74, 6) is -2.82. The molecular weight excluding hydrogens is 471 g/mol. The van der Waals surface area contributed by atoms with Crippen LogP contribution in [0, 0.1) is 11.6 Å². The molecule has 8 nitrogen and oxygen atoms in total. The molecule has 0 bridgehead atoms. The van der Waals surface area contributed by atoms with Gasteiger partial charge in [0.1, 0.15) is 11.6 Å². The maximum Gasteiger partial charge on any atom is 0.434 e. The molecule has 0 fully saturated rings. The van der Waals surface area contributed by atoms with Crippen molar-refractivity contribution in [3.63, 3.8) is 0 Å². The van der Waals surface area contributed by atoms with E-state index in [1.807, 2.05) is 0 Å². The number of carbonyl (C=O) groups is 1. The molecule has 4 rings (SSSR count). The summed E-state index contributed by atoms with van der Waals surface area (Å²) in [7, 11) is 1.31. The standard InChI is InChI=1S/C19H11F5N6O2S/c1-32-15-5-4-14(28-29-15)30-16(19(22,23)24)11(7-25-30)17(31)27-18-26-13(8-33-18)10-6-9(20)2-3-12(10)21/h2-8H,1H3,(H,26,27,31). The maximum atomic E-state index is 13.9. The number of alkyl halides is 3. The fourth-order valence-corrected chi connectivity index (χ4v) is 3.51. The normalized spacial score (nSPS) is 11.5.